The molecule has 1 atom stereocenters. The van der Waals surface area contributed by atoms with Gasteiger partial charge >= 0.3 is 5.97 Å². The molecule has 0 aliphatic carbocycles. The van der Waals surface area contributed by atoms with Gasteiger partial charge in [0.2, 0.25) is 0 Å². The van der Waals surface area contributed by atoms with Crippen LogP contribution in [0.25, 0.3) is 0 Å². The van der Waals surface area contributed by atoms with Crippen molar-refractivity contribution in [2.75, 3.05) is 20.2 Å². The molecular formula is C19H22N2O5S. The Labute approximate surface area is 161 Å². The van der Waals surface area contributed by atoms with Crippen molar-refractivity contribution in [1.29, 1.82) is 0 Å². The van der Waals surface area contributed by atoms with E-state index in [0.29, 0.717) is 43.1 Å². The fourth-order valence-corrected chi connectivity index (χ4v) is 3.69. The number of carbonyl (C=O) groups is 2. The molecule has 1 fully saturated rings. The highest BCUT2D eigenvalue weighted by Gasteiger charge is 2.39. The van der Waals surface area contributed by atoms with E-state index in [9.17, 15) is 14.7 Å². The van der Waals surface area contributed by atoms with E-state index in [-0.39, 0.29) is 12.5 Å². The third kappa shape index (κ3) is 4.21. The minimum Gasteiger partial charge on any atom is -0.493 e. The average Bonchev–Trinajstić information content (AvgIpc) is 3.19. The van der Waals surface area contributed by atoms with Crippen LogP contribution in [-0.2, 0) is 11.4 Å². The summed E-state index contributed by atoms with van der Waals surface area (Å²) in [7, 11) is 1.52. The van der Waals surface area contributed by atoms with Crippen LogP contribution in [0.15, 0.2) is 29.1 Å². The number of hydrogen-bond acceptors (Lipinski definition) is 6. The summed E-state index contributed by atoms with van der Waals surface area (Å²) < 4.78 is 11.1. The SMILES string of the molecule is COc1cc(C(=O)N2CCCC(C)(C(=O)O)C2)ccc1OCc1cscn1. The minimum atomic E-state index is -0.908. The molecule has 3 rings (SSSR count). The molecule has 1 unspecified atom stereocenters. The Kier molecular flexibility index (Phi) is 5.65. The predicted octanol–water partition coefficient (Wildman–Crippen LogP) is 3.06. The fourth-order valence-electron chi connectivity index (χ4n) is 3.15. The number of carbonyl (C=O) groups excluding carboxylic acids is 1. The number of nitrogens with zero attached hydrogens (tertiary/aromatic N) is 2. The van der Waals surface area contributed by atoms with E-state index in [4.69, 9.17) is 9.47 Å². The van der Waals surface area contributed by atoms with E-state index in [1.807, 2.05) is 5.38 Å². The molecule has 0 spiro atoms. The summed E-state index contributed by atoms with van der Waals surface area (Å²) in [4.78, 5) is 30.1. The van der Waals surface area contributed by atoms with Crippen LogP contribution in [0.4, 0.5) is 0 Å². The molecule has 1 aliphatic heterocycles. The lowest BCUT2D eigenvalue weighted by Gasteiger charge is -2.37. The molecule has 0 saturated carbocycles. The Balaban J connectivity index is 1.74. The van der Waals surface area contributed by atoms with Crippen LogP contribution in [0.1, 0.15) is 35.8 Å². The highest BCUT2D eigenvalue weighted by molar-refractivity contribution is 7.07. The van der Waals surface area contributed by atoms with Gasteiger partial charge in [-0.15, -0.1) is 11.3 Å². The van der Waals surface area contributed by atoms with Gasteiger partial charge in [-0.1, -0.05) is 0 Å². The van der Waals surface area contributed by atoms with E-state index in [0.717, 1.165) is 5.69 Å². The second-order valence-corrected chi connectivity index (χ2v) is 7.55. The van der Waals surface area contributed by atoms with E-state index in [1.165, 1.54) is 18.4 Å². The van der Waals surface area contributed by atoms with Gasteiger partial charge < -0.3 is 19.5 Å². The quantitative estimate of drug-likeness (QED) is 0.815. The number of piperidine rings is 1. The average molecular weight is 390 g/mol. The van der Waals surface area contributed by atoms with Gasteiger partial charge in [0.1, 0.15) is 6.61 Å². The van der Waals surface area contributed by atoms with E-state index in [2.05, 4.69) is 4.98 Å². The summed E-state index contributed by atoms with van der Waals surface area (Å²) in [6.45, 7) is 2.75. The minimum absolute atomic E-state index is 0.200. The van der Waals surface area contributed by atoms with E-state index >= 15 is 0 Å². The van der Waals surface area contributed by atoms with Crippen LogP contribution < -0.4 is 9.47 Å². The summed E-state index contributed by atoms with van der Waals surface area (Å²) in [5.41, 5.74) is 2.10. The van der Waals surface area contributed by atoms with E-state index in [1.54, 1.807) is 35.5 Å². The molecule has 1 N–H and O–H groups in total. The zero-order valence-electron chi connectivity index (χ0n) is 15.3. The van der Waals surface area contributed by atoms with Gasteiger partial charge in [0.05, 0.1) is 23.7 Å². The first-order valence-corrected chi connectivity index (χ1v) is 9.58. The van der Waals surface area contributed by atoms with Crippen molar-refractivity contribution in [2.45, 2.75) is 26.4 Å². The third-order valence-electron chi connectivity index (χ3n) is 4.77. The number of rotatable bonds is 6. The predicted molar refractivity (Wildman–Crippen MR) is 100 cm³/mol. The lowest BCUT2D eigenvalue weighted by atomic mass is 9.82. The summed E-state index contributed by atoms with van der Waals surface area (Å²) in [5, 5.41) is 11.3. The summed E-state index contributed by atoms with van der Waals surface area (Å²) >= 11 is 1.49. The molecule has 1 aliphatic rings. The zero-order chi connectivity index (χ0) is 19.4. The Morgan fingerprint density at radius 1 is 1.37 bits per heavy atom. The number of thiazole rings is 1. The number of benzene rings is 1. The van der Waals surface area contributed by atoms with Gasteiger partial charge in [-0.3, -0.25) is 9.59 Å². The van der Waals surface area contributed by atoms with E-state index < -0.39 is 11.4 Å². The third-order valence-corrected chi connectivity index (χ3v) is 5.40. The molecule has 1 saturated heterocycles. The number of carboxylic acids is 1. The number of hydrogen-bond donors (Lipinski definition) is 1. The Hall–Kier alpha value is -2.61. The Morgan fingerprint density at radius 3 is 2.85 bits per heavy atom. The van der Waals surface area contributed by atoms with Crippen molar-refractivity contribution >= 4 is 23.2 Å². The molecule has 0 bridgehead atoms. The number of methoxy groups -OCH3 is 1. The number of aliphatic carboxylic acids is 1. The molecule has 0 radical (unpaired) electrons. The largest absolute Gasteiger partial charge is 0.493 e. The van der Waals surface area contributed by atoms with Crippen LogP contribution in [0, 0.1) is 5.41 Å². The number of likely N-dealkylation sites (tertiary alicyclic amines) is 1. The molecule has 2 heterocycles. The lowest BCUT2D eigenvalue weighted by molar-refractivity contribution is -0.150. The summed E-state index contributed by atoms with van der Waals surface area (Å²) in [6.07, 6.45) is 1.24. The lowest BCUT2D eigenvalue weighted by Crippen LogP contribution is -2.48. The maximum atomic E-state index is 12.9. The first-order valence-electron chi connectivity index (χ1n) is 8.63. The Bertz CT molecular complexity index is 824. The van der Waals surface area contributed by atoms with Crippen molar-refractivity contribution in [3.63, 3.8) is 0 Å². The smallest absolute Gasteiger partial charge is 0.311 e. The molecule has 144 valence electrons. The highest BCUT2D eigenvalue weighted by atomic mass is 32.1. The summed E-state index contributed by atoms with van der Waals surface area (Å²) in [6, 6.07) is 5.00. The second kappa shape index (κ2) is 7.96. The first kappa shape index (κ1) is 19.2. The van der Waals surface area contributed by atoms with Gasteiger partial charge in [-0.05, 0) is 38.0 Å². The van der Waals surface area contributed by atoms with Gasteiger partial charge in [-0.2, -0.15) is 0 Å². The second-order valence-electron chi connectivity index (χ2n) is 6.83. The van der Waals surface area contributed by atoms with Crippen molar-refractivity contribution in [1.82, 2.24) is 9.88 Å². The zero-order valence-corrected chi connectivity index (χ0v) is 16.1. The molecule has 1 amide bonds. The van der Waals surface area contributed by atoms with Gasteiger partial charge in [0, 0.05) is 24.0 Å². The van der Waals surface area contributed by atoms with Crippen molar-refractivity contribution in [3.8, 4) is 11.5 Å². The molecule has 1 aromatic carbocycles. The summed E-state index contributed by atoms with van der Waals surface area (Å²) in [5.74, 6) is -0.0972. The molecule has 27 heavy (non-hydrogen) atoms. The monoisotopic (exact) mass is 390 g/mol. The van der Waals surface area contributed by atoms with Crippen molar-refractivity contribution in [3.05, 3.63) is 40.3 Å². The molecular weight excluding hydrogens is 368 g/mol. The van der Waals surface area contributed by atoms with Crippen molar-refractivity contribution in [2.24, 2.45) is 5.41 Å². The fraction of sp³-hybridized carbons (Fsp3) is 0.421. The van der Waals surface area contributed by atoms with Gasteiger partial charge in [0.25, 0.3) is 5.91 Å². The topological polar surface area (TPSA) is 89.0 Å². The molecule has 1 aromatic heterocycles. The molecule has 2 aromatic rings. The maximum absolute atomic E-state index is 12.9. The standard InChI is InChI=1S/C19H22N2O5S/c1-19(18(23)24)6-3-7-21(11-19)17(22)13-4-5-15(16(8-13)25-2)26-9-14-10-27-12-20-14/h4-5,8,10,12H,3,6-7,9,11H2,1-2H3,(H,23,24). The Morgan fingerprint density at radius 2 is 2.19 bits per heavy atom. The van der Waals surface area contributed by atoms with Gasteiger partial charge in [-0.25, -0.2) is 4.98 Å². The molecule has 7 nitrogen and oxygen atoms in total. The van der Waals surface area contributed by atoms with Crippen LogP contribution in [0.3, 0.4) is 0 Å². The maximum Gasteiger partial charge on any atom is 0.311 e. The number of amides is 1. The number of aromatic nitrogens is 1. The van der Waals surface area contributed by atoms with Crippen LogP contribution in [0.2, 0.25) is 0 Å². The van der Waals surface area contributed by atoms with Crippen LogP contribution in [0.5, 0.6) is 11.5 Å². The van der Waals surface area contributed by atoms with Gasteiger partial charge in [0.15, 0.2) is 11.5 Å². The van der Waals surface area contributed by atoms with Crippen LogP contribution in [-0.4, -0.2) is 47.1 Å². The highest BCUT2D eigenvalue weighted by Crippen LogP contribution is 2.33. The normalized spacial score (nSPS) is 19.6. The molecule has 8 heteroatoms. The van der Waals surface area contributed by atoms with Crippen molar-refractivity contribution < 1.29 is 24.2 Å². The number of ether oxygens (including phenoxy) is 2. The number of carboxylic acid groups (broad SMARTS) is 1. The first-order chi connectivity index (χ1) is 12.9. The van der Waals surface area contributed by atoms with Crippen LogP contribution >= 0.6 is 11.3 Å².